The van der Waals surface area contributed by atoms with E-state index in [1.807, 2.05) is 35.2 Å². The monoisotopic (exact) mass is 413 g/mol. The molecule has 0 unspecified atom stereocenters. The minimum Gasteiger partial charge on any atom is -0.394 e. The summed E-state index contributed by atoms with van der Waals surface area (Å²) in [5.41, 5.74) is 5.53. The number of fused-ring (bicyclic) bond motifs is 3. The average molecular weight is 414 g/mol. The molecule has 0 saturated carbocycles. The van der Waals surface area contributed by atoms with E-state index in [1.165, 1.54) is 11.1 Å². The lowest BCUT2D eigenvalue weighted by Crippen LogP contribution is -2.48. The minimum absolute atomic E-state index is 0.0104. The molecule has 5 rings (SSSR count). The summed E-state index contributed by atoms with van der Waals surface area (Å²) in [6.07, 6.45) is 4.74. The van der Waals surface area contributed by atoms with Gasteiger partial charge >= 0.3 is 0 Å². The average Bonchev–Trinajstić information content (AvgIpc) is 3.26. The molecule has 1 N–H and O–H groups in total. The Bertz CT molecular complexity index is 1070. The van der Waals surface area contributed by atoms with E-state index in [2.05, 4.69) is 47.3 Å². The first-order valence-corrected chi connectivity index (χ1v) is 10.9. The number of aliphatic hydroxyl groups is 1. The Morgan fingerprint density at radius 3 is 2.68 bits per heavy atom. The van der Waals surface area contributed by atoms with Gasteiger partial charge in [0.25, 0.3) is 0 Å². The Labute approximate surface area is 183 Å². The van der Waals surface area contributed by atoms with Gasteiger partial charge in [-0.25, -0.2) is 0 Å². The second-order valence-electron chi connectivity index (χ2n) is 8.52. The molecule has 1 amide bonds. The molecule has 5 nitrogen and oxygen atoms in total. The van der Waals surface area contributed by atoms with Gasteiger partial charge in [-0.05, 0) is 46.9 Å². The van der Waals surface area contributed by atoms with Crippen molar-refractivity contribution in [2.45, 2.75) is 24.9 Å². The maximum absolute atomic E-state index is 13.3. The van der Waals surface area contributed by atoms with E-state index >= 15 is 0 Å². The van der Waals surface area contributed by atoms with E-state index in [4.69, 9.17) is 0 Å². The van der Waals surface area contributed by atoms with Gasteiger partial charge in [0.05, 0.1) is 25.1 Å². The summed E-state index contributed by atoms with van der Waals surface area (Å²) in [5, 5.41) is 10.2. The zero-order chi connectivity index (χ0) is 21.4. The quantitative estimate of drug-likeness (QED) is 0.709. The van der Waals surface area contributed by atoms with Crippen LogP contribution in [0.15, 0.2) is 73.1 Å². The smallest absolute Gasteiger partial charge is 0.227 e. The van der Waals surface area contributed by atoms with Crippen molar-refractivity contribution in [3.8, 4) is 11.1 Å². The SMILES string of the molecule is CN1c2ccc(-c3ccccc3)cc2[C@H]2[C@H](CCN2C(=O)Cc2cccnc2)[C@@H]1CO. The van der Waals surface area contributed by atoms with Crippen molar-refractivity contribution in [1.29, 1.82) is 0 Å². The molecule has 3 atom stereocenters. The Hall–Kier alpha value is -3.18. The Kier molecular flexibility index (Phi) is 5.20. The number of pyridine rings is 1. The summed E-state index contributed by atoms with van der Waals surface area (Å²) in [7, 11) is 2.05. The zero-order valence-electron chi connectivity index (χ0n) is 17.7. The minimum atomic E-state index is -0.0174. The largest absolute Gasteiger partial charge is 0.394 e. The number of aromatic nitrogens is 1. The number of aliphatic hydroxyl groups excluding tert-OH is 1. The van der Waals surface area contributed by atoms with Crippen LogP contribution in [-0.2, 0) is 11.2 Å². The maximum atomic E-state index is 13.3. The third-order valence-electron chi connectivity index (χ3n) is 6.86. The fourth-order valence-electron chi connectivity index (χ4n) is 5.32. The first-order valence-electron chi connectivity index (χ1n) is 10.9. The number of nitrogens with zero attached hydrogens (tertiary/aromatic N) is 3. The third kappa shape index (κ3) is 3.49. The van der Waals surface area contributed by atoms with Crippen molar-refractivity contribution in [2.75, 3.05) is 25.1 Å². The number of carbonyl (C=O) groups is 1. The van der Waals surface area contributed by atoms with E-state index in [1.54, 1.807) is 12.4 Å². The van der Waals surface area contributed by atoms with Crippen LogP contribution >= 0.6 is 0 Å². The summed E-state index contributed by atoms with van der Waals surface area (Å²) in [4.78, 5) is 21.7. The Balaban J connectivity index is 1.54. The summed E-state index contributed by atoms with van der Waals surface area (Å²) >= 11 is 0. The molecule has 1 fully saturated rings. The molecule has 31 heavy (non-hydrogen) atoms. The maximum Gasteiger partial charge on any atom is 0.227 e. The highest BCUT2D eigenvalue weighted by atomic mass is 16.3. The molecule has 5 heteroatoms. The number of benzene rings is 2. The van der Waals surface area contributed by atoms with Crippen molar-refractivity contribution in [3.63, 3.8) is 0 Å². The molecule has 1 aromatic heterocycles. The topological polar surface area (TPSA) is 56.7 Å². The normalized spacial score (nSPS) is 22.2. The van der Waals surface area contributed by atoms with Crippen molar-refractivity contribution < 1.29 is 9.90 Å². The highest BCUT2D eigenvalue weighted by Crippen LogP contribution is 2.49. The van der Waals surface area contributed by atoms with Crippen LogP contribution < -0.4 is 4.90 Å². The summed E-state index contributed by atoms with van der Waals surface area (Å²) in [6, 6.07) is 20.7. The lowest BCUT2D eigenvalue weighted by molar-refractivity contribution is -0.132. The summed E-state index contributed by atoms with van der Waals surface area (Å²) < 4.78 is 0. The number of likely N-dealkylation sites (tertiary alicyclic amines) is 1. The van der Waals surface area contributed by atoms with Gasteiger partial charge in [-0.1, -0.05) is 42.5 Å². The molecule has 0 aliphatic carbocycles. The number of likely N-dealkylation sites (N-methyl/N-ethyl adjacent to an activating group) is 1. The zero-order valence-corrected chi connectivity index (χ0v) is 17.7. The number of anilines is 1. The molecule has 0 spiro atoms. The van der Waals surface area contributed by atoms with Gasteiger partial charge in [0.1, 0.15) is 0 Å². The van der Waals surface area contributed by atoms with E-state index in [9.17, 15) is 9.90 Å². The number of hydrogen-bond donors (Lipinski definition) is 1. The van der Waals surface area contributed by atoms with E-state index < -0.39 is 0 Å². The van der Waals surface area contributed by atoms with Crippen LogP contribution in [0.2, 0.25) is 0 Å². The highest BCUT2D eigenvalue weighted by molar-refractivity contribution is 5.81. The van der Waals surface area contributed by atoms with Crippen LogP contribution in [-0.4, -0.2) is 47.1 Å². The molecule has 1 saturated heterocycles. The molecule has 3 aromatic rings. The molecule has 0 bridgehead atoms. The van der Waals surface area contributed by atoms with Gasteiger partial charge < -0.3 is 14.9 Å². The second-order valence-corrected chi connectivity index (χ2v) is 8.52. The number of hydrogen-bond acceptors (Lipinski definition) is 4. The van der Waals surface area contributed by atoms with Crippen LogP contribution in [0.5, 0.6) is 0 Å². The van der Waals surface area contributed by atoms with Gasteiger partial charge in [0.2, 0.25) is 5.91 Å². The lowest BCUT2D eigenvalue weighted by Gasteiger charge is -2.44. The van der Waals surface area contributed by atoms with Gasteiger partial charge in [-0.2, -0.15) is 0 Å². The third-order valence-corrected chi connectivity index (χ3v) is 6.86. The summed E-state index contributed by atoms with van der Waals surface area (Å²) in [6.45, 7) is 0.802. The fraction of sp³-hybridized carbons (Fsp3) is 0.308. The van der Waals surface area contributed by atoms with Gasteiger partial charge in [-0.3, -0.25) is 9.78 Å². The molecular formula is C26H27N3O2. The molecule has 2 aliphatic heterocycles. The van der Waals surface area contributed by atoms with Crippen molar-refractivity contribution in [1.82, 2.24) is 9.88 Å². The molecule has 0 radical (unpaired) electrons. The summed E-state index contributed by atoms with van der Waals surface area (Å²) in [5.74, 6) is 0.337. The molecule has 2 aromatic carbocycles. The second kappa shape index (κ2) is 8.16. The Morgan fingerprint density at radius 2 is 1.94 bits per heavy atom. The predicted octanol–water partition coefficient (Wildman–Crippen LogP) is 3.69. The number of rotatable bonds is 4. The van der Waals surface area contributed by atoms with Crippen LogP contribution in [0, 0.1) is 5.92 Å². The molecular weight excluding hydrogens is 386 g/mol. The van der Waals surface area contributed by atoms with Crippen LogP contribution in [0.3, 0.4) is 0 Å². The first-order chi connectivity index (χ1) is 15.2. The van der Waals surface area contributed by atoms with Crippen molar-refractivity contribution in [3.05, 3.63) is 84.2 Å². The fourth-order valence-corrected chi connectivity index (χ4v) is 5.32. The van der Waals surface area contributed by atoms with E-state index in [0.717, 1.165) is 23.2 Å². The standard InChI is InChI=1S/C26H27N3O2/c1-28-23-10-9-20(19-7-3-2-4-8-19)15-22(23)26-21(24(28)17-30)11-13-29(26)25(31)14-18-6-5-12-27-16-18/h2-10,12,15-16,21,24,26,30H,11,13-14,17H2,1H3/t21-,24+,26-/m1/s1. The van der Waals surface area contributed by atoms with Gasteiger partial charge in [0.15, 0.2) is 0 Å². The van der Waals surface area contributed by atoms with Crippen LogP contribution in [0.4, 0.5) is 5.69 Å². The lowest BCUT2D eigenvalue weighted by atomic mass is 9.81. The predicted molar refractivity (Wildman–Crippen MR) is 122 cm³/mol. The first kappa shape index (κ1) is 19.8. The Morgan fingerprint density at radius 1 is 1.10 bits per heavy atom. The van der Waals surface area contributed by atoms with Crippen LogP contribution in [0.25, 0.3) is 11.1 Å². The molecule has 3 heterocycles. The number of carbonyl (C=O) groups excluding carboxylic acids is 1. The van der Waals surface area contributed by atoms with E-state index in [-0.39, 0.29) is 30.5 Å². The molecule has 158 valence electrons. The molecule has 2 aliphatic rings. The van der Waals surface area contributed by atoms with Crippen LogP contribution in [0.1, 0.15) is 23.6 Å². The van der Waals surface area contributed by atoms with Crippen molar-refractivity contribution >= 4 is 11.6 Å². The number of amides is 1. The van der Waals surface area contributed by atoms with Gasteiger partial charge in [-0.15, -0.1) is 0 Å². The highest BCUT2D eigenvalue weighted by Gasteiger charge is 2.47. The van der Waals surface area contributed by atoms with Gasteiger partial charge in [0, 0.05) is 37.6 Å². The van der Waals surface area contributed by atoms with Crippen molar-refractivity contribution in [2.24, 2.45) is 5.92 Å². The van der Waals surface area contributed by atoms with E-state index in [0.29, 0.717) is 13.0 Å².